The number of thiazole rings is 1. The summed E-state index contributed by atoms with van der Waals surface area (Å²) in [4.78, 5) is 20.8. The van der Waals surface area contributed by atoms with Crippen molar-refractivity contribution < 1.29 is 9.53 Å². The van der Waals surface area contributed by atoms with Crippen LogP contribution in [0.4, 0.5) is 5.13 Å². The number of anilines is 1. The number of benzene rings is 1. The maximum absolute atomic E-state index is 12.3. The highest BCUT2D eigenvalue weighted by atomic mass is 32.1. The molecule has 0 fully saturated rings. The van der Waals surface area contributed by atoms with E-state index in [1.807, 2.05) is 36.6 Å². The summed E-state index contributed by atoms with van der Waals surface area (Å²) in [5.74, 6) is 0.544. The zero-order valence-electron chi connectivity index (χ0n) is 11.6. The van der Waals surface area contributed by atoms with Crippen LogP contribution in [-0.4, -0.2) is 23.0 Å². The van der Waals surface area contributed by atoms with Gasteiger partial charge < -0.3 is 4.74 Å². The third kappa shape index (κ3) is 2.71. The molecule has 3 rings (SSSR count). The van der Waals surface area contributed by atoms with E-state index in [2.05, 4.69) is 15.3 Å². The standard InChI is InChI=1S/C15H13N3O2S/c1-9-12(14(19)18-15-16-5-6-21-15)7-10-3-4-11(20-2)8-13(10)17-9/h3-8H,1-2H3,(H,16,18,19). The molecule has 0 unspecified atom stereocenters. The Bertz CT molecular complexity index is 800. The van der Waals surface area contributed by atoms with E-state index in [0.717, 1.165) is 16.7 Å². The molecule has 0 spiro atoms. The van der Waals surface area contributed by atoms with Crippen LogP contribution in [0.15, 0.2) is 35.8 Å². The molecular weight excluding hydrogens is 286 g/mol. The third-order valence-electron chi connectivity index (χ3n) is 3.11. The maximum atomic E-state index is 12.3. The quantitative estimate of drug-likeness (QED) is 0.806. The number of rotatable bonds is 3. The van der Waals surface area contributed by atoms with Crippen molar-refractivity contribution in [3.63, 3.8) is 0 Å². The molecule has 0 saturated carbocycles. The summed E-state index contributed by atoms with van der Waals surface area (Å²) in [5, 5.41) is 6.06. The second-order valence-electron chi connectivity index (χ2n) is 4.47. The van der Waals surface area contributed by atoms with Gasteiger partial charge in [-0.3, -0.25) is 15.1 Å². The summed E-state index contributed by atoms with van der Waals surface area (Å²) in [6, 6.07) is 7.42. The van der Waals surface area contributed by atoms with Gasteiger partial charge in [0, 0.05) is 23.0 Å². The first kappa shape index (κ1) is 13.5. The van der Waals surface area contributed by atoms with Gasteiger partial charge in [-0.1, -0.05) is 0 Å². The summed E-state index contributed by atoms with van der Waals surface area (Å²) >= 11 is 1.38. The molecule has 5 nitrogen and oxygen atoms in total. The average molecular weight is 299 g/mol. The molecule has 0 aliphatic heterocycles. The molecule has 0 bridgehead atoms. The Balaban J connectivity index is 1.98. The number of nitrogens with zero attached hydrogens (tertiary/aromatic N) is 2. The first-order valence-electron chi connectivity index (χ1n) is 6.33. The minimum atomic E-state index is -0.201. The number of nitrogens with one attached hydrogen (secondary N) is 1. The van der Waals surface area contributed by atoms with Gasteiger partial charge in [-0.25, -0.2) is 4.98 Å². The van der Waals surface area contributed by atoms with Gasteiger partial charge in [0.25, 0.3) is 5.91 Å². The van der Waals surface area contributed by atoms with Crippen LogP contribution < -0.4 is 10.1 Å². The Morgan fingerprint density at radius 2 is 2.19 bits per heavy atom. The summed E-state index contributed by atoms with van der Waals surface area (Å²) in [6.45, 7) is 1.82. The Labute approximate surface area is 125 Å². The van der Waals surface area contributed by atoms with E-state index in [1.54, 1.807) is 13.3 Å². The number of hydrogen-bond donors (Lipinski definition) is 1. The van der Waals surface area contributed by atoms with Gasteiger partial charge in [0.05, 0.1) is 23.9 Å². The topological polar surface area (TPSA) is 64.1 Å². The van der Waals surface area contributed by atoms with Crippen LogP contribution in [0.5, 0.6) is 5.75 Å². The van der Waals surface area contributed by atoms with Gasteiger partial charge in [0.1, 0.15) is 5.75 Å². The molecule has 0 aliphatic carbocycles. The number of aryl methyl sites for hydroxylation is 1. The minimum absolute atomic E-state index is 0.201. The highest BCUT2D eigenvalue weighted by Crippen LogP contribution is 2.22. The van der Waals surface area contributed by atoms with Crippen LogP contribution in [0.1, 0.15) is 16.1 Å². The molecule has 1 aromatic carbocycles. The number of methoxy groups -OCH3 is 1. The van der Waals surface area contributed by atoms with Crippen molar-refractivity contribution in [2.75, 3.05) is 12.4 Å². The molecule has 21 heavy (non-hydrogen) atoms. The number of fused-ring (bicyclic) bond motifs is 1. The van der Waals surface area contributed by atoms with Crippen molar-refractivity contribution in [1.29, 1.82) is 0 Å². The SMILES string of the molecule is COc1ccc2cc(C(=O)Nc3nccs3)c(C)nc2c1. The van der Waals surface area contributed by atoms with Crippen LogP contribution in [-0.2, 0) is 0 Å². The molecule has 3 aromatic rings. The van der Waals surface area contributed by atoms with Crippen LogP contribution in [0.2, 0.25) is 0 Å². The van der Waals surface area contributed by atoms with Gasteiger partial charge in [0.2, 0.25) is 0 Å². The molecule has 2 heterocycles. The van der Waals surface area contributed by atoms with E-state index in [0.29, 0.717) is 16.4 Å². The van der Waals surface area contributed by atoms with Gasteiger partial charge >= 0.3 is 0 Å². The fourth-order valence-electron chi connectivity index (χ4n) is 2.05. The molecule has 6 heteroatoms. The summed E-state index contributed by atoms with van der Waals surface area (Å²) in [6.07, 6.45) is 1.65. The van der Waals surface area contributed by atoms with Crippen LogP contribution >= 0.6 is 11.3 Å². The van der Waals surface area contributed by atoms with Crippen LogP contribution in [0.3, 0.4) is 0 Å². The minimum Gasteiger partial charge on any atom is -0.497 e. The van der Waals surface area contributed by atoms with E-state index >= 15 is 0 Å². The Morgan fingerprint density at radius 1 is 1.33 bits per heavy atom. The Morgan fingerprint density at radius 3 is 2.90 bits per heavy atom. The number of amides is 1. The smallest absolute Gasteiger partial charge is 0.259 e. The van der Waals surface area contributed by atoms with E-state index in [4.69, 9.17) is 4.74 Å². The summed E-state index contributed by atoms with van der Waals surface area (Å²) in [5.41, 5.74) is 2.02. The fraction of sp³-hybridized carbons (Fsp3) is 0.133. The zero-order chi connectivity index (χ0) is 14.8. The van der Waals surface area contributed by atoms with Crippen LogP contribution in [0.25, 0.3) is 10.9 Å². The van der Waals surface area contributed by atoms with E-state index in [1.165, 1.54) is 11.3 Å². The van der Waals surface area contributed by atoms with E-state index < -0.39 is 0 Å². The molecule has 2 aromatic heterocycles. The second kappa shape index (κ2) is 5.49. The van der Waals surface area contributed by atoms with Gasteiger partial charge in [-0.2, -0.15) is 0 Å². The summed E-state index contributed by atoms with van der Waals surface area (Å²) in [7, 11) is 1.61. The lowest BCUT2D eigenvalue weighted by molar-refractivity contribution is 0.102. The highest BCUT2D eigenvalue weighted by Gasteiger charge is 2.13. The number of ether oxygens (including phenoxy) is 1. The number of aromatic nitrogens is 2. The molecule has 106 valence electrons. The number of pyridine rings is 1. The monoisotopic (exact) mass is 299 g/mol. The van der Waals surface area contributed by atoms with Crippen molar-refractivity contribution in [2.45, 2.75) is 6.92 Å². The van der Waals surface area contributed by atoms with Gasteiger partial charge in [-0.15, -0.1) is 11.3 Å². The average Bonchev–Trinajstić information content (AvgIpc) is 2.98. The van der Waals surface area contributed by atoms with E-state index in [9.17, 15) is 4.79 Å². The normalized spacial score (nSPS) is 10.6. The Hall–Kier alpha value is -2.47. The first-order valence-corrected chi connectivity index (χ1v) is 7.21. The predicted molar refractivity (Wildman–Crippen MR) is 83.1 cm³/mol. The highest BCUT2D eigenvalue weighted by molar-refractivity contribution is 7.13. The van der Waals surface area contributed by atoms with Crippen LogP contribution in [0, 0.1) is 6.92 Å². The second-order valence-corrected chi connectivity index (χ2v) is 5.37. The number of carbonyl (C=O) groups is 1. The third-order valence-corrected chi connectivity index (χ3v) is 3.80. The van der Waals surface area contributed by atoms with E-state index in [-0.39, 0.29) is 5.91 Å². The lowest BCUT2D eigenvalue weighted by Crippen LogP contribution is -2.14. The molecule has 1 N–H and O–H groups in total. The molecule has 1 amide bonds. The largest absolute Gasteiger partial charge is 0.497 e. The van der Waals surface area contributed by atoms with Crippen molar-refractivity contribution in [3.8, 4) is 5.75 Å². The fourth-order valence-corrected chi connectivity index (χ4v) is 2.57. The Kier molecular flexibility index (Phi) is 3.53. The first-order chi connectivity index (χ1) is 10.2. The van der Waals surface area contributed by atoms with Gasteiger partial charge in [-0.05, 0) is 25.1 Å². The number of hydrogen-bond acceptors (Lipinski definition) is 5. The molecule has 0 radical (unpaired) electrons. The van der Waals surface area contributed by atoms with Crippen molar-refractivity contribution in [1.82, 2.24) is 9.97 Å². The van der Waals surface area contributed by atoms with Gasteiger partial charge in [0.15, 0.2) is 5.13 Å². The van der Waals surface area contributed by atoms with Crippen molar-refractivity contribution >= 4 is 33.3 Å². The molecule has 0 aliphatic rings. The molecular formula is C15H13N3O2S. The summed E-state index contributed by atoms with van der Waals surface area (Å²) < 4.78 is 5.18. The van der Waals surface area contributed by atoms with Crippen molar-refractivity contribution in [3.05, 3.63) is 47.1 Å². The lowest BCUT2D eigenvalue weighted by Gasteiger charge is -2.08. The zero-order valence-corrected chi connectivity index (χ0v) is 12.4. The molecule has 0 saturated heterocycles. The number of carbonyl (C=O) groups excluding carboxylic acids is 1. The van der Waals surface area contributed by atoms with Crippen molar-refractivity contribution in [2.24, 2.45) is 0 Å². The predicted octanol–water partition coefficient (Wildman–Crippen LogP) is 3.26. The lowest BCUT2D eigenvalue weighted by atomic mass is 10.1. The maximum Gasteiger partial charge on any atom is 0.259 e. The molecule has 0 atom stereocenters.